The Hall–Kier alpha value is -1.24. The second-order valence-electron chi connectivity index (χ2n) is 14.0. The van der Waals surface area contributed by atoms with E-state index in [-0.39, 0.29) is 16.7 Å². The molecule has 3 aliphatic rings. The van der Waals surface area contributed by atoms with Crippen molar-refractivity contribution >= 4 is 19.9 Å². The van der Waals surface area contributed by atoms with Crippen LogP contribution in [0.2, 0.25) is 5.04 Å². The van der Waals surface area contributed by atoms with E-state index in [9.17, 15) is 13.2 Å². The summed E-state index contributed by atoms with van der Waals surface area (Å²) >= 11 is 0. The van der Waals surface area contributed by atoms with Crippen molar-refractivity contribution in [1.29, 1.82) is 0 Å². The lowest BCUT2D eigenvalue weighted by molar-refractivity contribution is -0.0510. The molecule has 1 heterocycles. The first-order valence-corrected chi connectivity index (χ1v) is 16.4. The summed E-state index contributed by atoms with van der Waals surface area (Å²) in [7, 11) is -6.48. The van der Waals surface area contributed by atoms with Gasteiger partial charge in [-0.1, -0.05) is 67.4 Å². The minimum atomic E-state index is -5.84. The molecule has 11 heteroatoms. The van der Waals surface area contributed by atoms with Gasteiger partial charge in [0, 0.05) is 17.6 Å². The molecule has 230 valence electrons. The van der Waals surface area contributed by atoms with E-state index in [1.54, 1.807) is 0 Å². The fourth-order valence-corrected chi connectivity index (χ4v) is 7.19. The summed E-state index contributed by atoms with van der Waals surface area (Å²) in [4.78, 5) is 5.50. The lowest BCUT2D eigenvalue weighted by atomic mass is 9.82. The predicted octanol–water partition coefficient (Wildman–Crippen LogP) is 6.53. The zero-order chi connectivity index (χ0) is 31.1. The SMILES string of the molecule is CC1=CC(C)(N2CC(C(C)(C)O[SiH2]C(C)(C)C)N(C3(C)C=C(C)C=C(C)C3)C2)CC(C)=C1.O=S(=O)(O)C(F)(F)F. The summed E-state index contributed by atoms with van der Waals surface area (Å²) in [5, 5.41) is 0.294. The molecular weight excluding hydrogens is 557 g/mol. The van der Waals surface area contributed by atoms with E-state index >= 15 is 0 Å². The third kappa shape index (κ3) is 8.88. The highest BCUT2D eigenvalue weighted by molar-refractivity contribution is 7.86. The first kappa shape index (κ1) is 35.0. The Morgan fingerprint density at radius 2 is 1.35 bits per heavy atom. The average molecular weight is 607 g/mol. The Morgan fingerprint density at radius 3 is 1.75 bits per heavy atom. The predicted molar refractivity (Wildman–Crippen MR) is 159 cm³/mol. The van der Waals surface area contributed by atoms with Crippen molar-refractivity contribution in [3.63, 3.8) is 0 Å². The molecule has 1 aliphatic heterocycles. The van der Waals surface area contributed by atoms with E-state index in [1.165, 1.54) is 22.3 Å². The zero-order valence-electron chi connectivity index (χ0n) is 26.0. The van der Waals surface area contributed by atoms with Gasteiger partial charge in [0.05, 0.1) is 18.3 Å². The third-order valence-corrected chi connectivity index (χ3v) is 10.1. The van der Waals surface area contributed by atoms with Gasteiger partial charge in [-0.25, -0.2) is 0 Å². The summed E-state index contributed by atoms with van der Waals surface area (Å²) in [6.07, 6.45) is 11.9. The highest BCUT2D eigenvalue weighted by atomic mass is 32.2. The van der Waals surface area contributed by atoms with Crippen LogP contribution in [0.1, 0.15) is 89.0 Å². The smallest absolute Gasteiger partial charge is 0.417 e. The maximum atomic E-state index is 10.7. The molecule has 1 fully saturated rings. The molecule has 0 aromatic carbocycles. The monoisotopic (exact) mass is 606 g/mol. The molecule has 6 nitrogen and oxygen atoms in total. The maximum Gasteiger partial charge on any atom is 0.522 e. The minimum Gasteiger partial charge on any atom is -0.417 e. The molecule has 2 aliphatic carbocycles. The molecule has 0 aromatic rings. The number of rotatable bonds is 5. The summed E-state index contributed by atoms with van der Waals surface area (Å²) in [6.45, 7) is 27.6. The molecule has 0 radical (unpaired) electrons. The molecule has 40 heavy (non-hydrogen) atoms. The summed E-state index contributed by atoms with van der Waals surface area (Å²) < 4.78 is 64.4. The van der Waals surface area contributed by atoms with E-state index in [2.05, 4.69) is 110 Å². The summed E-state index contributed by atoms with van der Waals surface area (Å²) in [5.41, 5.74) is 0.0936. The first-order chi connectivity index (χ1) is 17.8. The molecular formula is C29H49F3N2O4SSi. The van der Waals surface area contributed by atoms with Crippen LogP contribution < -0.4 is 0 Å². The normalized spacial score (nSPS) is 29.5. The van der Waals surface area contributed by atoms with Gasteiger partial charge in [0.15, 0.2) is 9.76 Å². The molecule has 0 aromatic heterocycles. The molecule has 3 atom stereocenters. The third-order valence-electron chi connectivity index (χ3n) is 7.74. The van der Waals surface area contributed by atoms with E-state index in [0.29, 0.717) is 11.1 Å². The van der Waals surface area contributed by atoms with Gasteiger partial charge in [-0.15, -0.1) is 0 Å². The van der Waals surface area contributed by atoms with E-state index in [4.69, 9.17) is 17.4 Å². The van der Waals surface area contributed by atoms with Crippen molar-refractivity contribution in [2.24, 2.45) is 0 Å². The second-order valence-corrected chi connectivity index (χ2v) is 18.2. The van der Waals surface area contributed by atoms with Crippen molar-refractivity contribution in [2.75, 3.05) is 13.2 Å². The van der Waals surface area contributed by atoms with Gasteiger partial charge in [-0.3, -0.25) is 14.4 Å². The average Bonchev–Trinajstić information content (AvgIpc) is 3.17. The van der Waals surface area contributed by atoms with Crippen LogP contribution in [0.4, 0.5) is 13.2 Å². The molecule has 1 saturated heterocycles. The Kier molecular flexibility index (Phi) is 10.3. The molecule has 0 bridgehead atoms. The van der Waals surface area contributed by atoms with Crippen LogP contribution in [0.3, 0.4) is 0 Å². The molecule has 0 spiro atoms. The number of halogens is 3. The Morgan fingerprint density at radius 1 is 0.925 bits per heavy atom. The van der Waals surface area contributed by atoms with Gasteiger partial charge >= 0.3 is 15.6 Å². The molecule has 0 amide bonds. The fraction of sp³-hybridized carbons (Fsp3) is 0.724. The number of hydrogen-bond donors (Lipinski definition) is 1. The number of nitrogens with zero attached hydrogens (tertiary/aromatic N) is 2. The van der Waals surface area contributed by atoms with Crippen LogP contribution >= 0.6 is 0 Å². The topological polar surface area (TPSA) is 70.1 Å². The minimum absolute atomic E-state index is 0.0148. The van der Waals surface area contributed by atoms with E-state index in [1.807, 2.05) is 0 Å². The highest BCUT2D eigenvalue weighted by Gasteiger charge is 2.51. The van der Waals surface area contributed by atoms with Crippen molar-refractivity contribution in [2.45, 2.75) is 122 Å². The van der Waals surface area contributed by atoms with Crippen LogP contribution in [0, 0.1) is 0 Å². The molecule has 3 rings (SSSR count). The van der Waals surface area contributed by atoms with Gasteiger partial charge < -0.3 is 4.43 Å². The van der Waals surface area contributed by atoms with Gasteiger partial charge in [-0.2, -0.15) is 21.6 Å². The number of allylic oxidation sites excluding steroid dienone is 4. The van der Waals surface area contributed by atoms with Crippen molar-refractivity contribution in [1.82, 2.24) is 9.80 Å². The molecule has 1 N–H and O–H groups in total. The van der Waals surface area contributed by atoms with Crippen LogP contribution in [0.5, 0.6) is 0 Å². The summed E-state index contributed by atoms with van der Waals surface area (Å²) in [6, 6.07) is 0.356. The highest BCUT2D eigenvalue weighted by Crippen LogP contribution is 2.43. The number of hydrogen-bond acceptors (Lipinski definition) is 5. The van der Waals surface area contributed by atoms with Gasteiger partial charge in [0.1, 0.15) is 0 Å². The molecule has 3 unspecified atom stereocenters. The lowest BCUT2D eigenvalue weighted by Gasteiger charge is -2.47. The van der Waals surface area contributed by atoms with Gasteiger partial charge in [-0.05, 0) is 73.3 Å². The van der Waals surface area contributed by atoms with Gasteiger partial charge in [0.25, 0.3) is 0 Å². The number of alkyl halides is 3. The Bertz CT molecular complexity index is 1180. The van der Waals surface area contributed by atoms with Crippen LogP contribution in [-0.4, -0.2) is 74.0 Å². The Labute approximate surface area is 242 Å². The first-order valence-electron chi connectivity index (χ1n) is 13.7. The van der Waals surface area contributed by atoms with E-state index in [0.717, 1.165) is 26.1 Å². The van der Waals surface area contributed by atoms with Crippen LogP contribution in [0.15, 0.2) is 46.6 Å². The summed E-state index contributed by atoms with van der Waals surface area (Å²) in [5.74, 6) is 0. The fourth-order valence-electron chi connectivity index (χ4n) is 6.19. The standard InChI is InChI=1S/C28H48N2OSi.CHF3O3S/c1-20-12-21(2)15-27(10,14-20)29-18-24(26(8,9)31-32-25(5,6)7)30(19-29)28(11)16-22(3)13-23(4)17-28;2-1(3,4)8(5,6)7/h12-14,16,24H,15,17-19,32H2,1-11H3;(H,5,6,7). The maximum absolute atomic E-state index is 10.7. The largest absolute Gasteiger partial charge is 0.522 e. The van der Waals surface area contributed by atoms with Crippen LogP contribution in [-0.2, 0) is 14.5 Å². The van der Waals surface area contributed by atoms with Gasteiger partial charge in [0.2, 0.25) is 0 Å². The lowest BCUT2D eigenvalue weighted by Crippen LogP contribution is -2.57. The molecule has 0 saturated carbocycles. The Balaban J connectivity index is 0.000000611. The zero-order valence-corrected chi connectivity index (χ0v) is 28.3. The van der Waals surface area contributed by atoms with Crippen LogP contribution in [0.25, 0.3) is 0 Å². The van der Waals surface area contributed by atoms with Crippen molar-refractivity contribution < 1.29 is 30.6 Å². The van der Waals surface area contributed by atoms with E-state index < -0.39 is 25.4 Å². The van der Waals surface area contributed by atoms with Crippen molar-refractivity contribution in [3.05, 3.63) is 46.6 Å². The quantitative estimate of drug-likeness (QED) is 0.218. The second kappa shape index (κ2) is 11.8. The van der Waals surface area contributed by atoms with Crippen molar-refractivity contribution in [3.8, 4) is 0 Å².